The molecule has 0 bridgehead atoms. The van der Waals surface area contributed by atoms with Gasteiger partial charge in [-0.25, -0.2) is 0 Å². The Hall–Kier alpha value is -0.000000000000000111. The summed E-state index contributed by atoms with van der Waals surface area (Å²) in [6.07, 6.45) is 2.18. The lowest BCUT2D eigenvalue weighted by atomic mass is 10.1. The van der Waals surface area contributed by atoms with Crippen molar-refractivity contribution < 1.29 is 4.79 Å². The van der Waals surface area contributed by atoms with Crippen molar-refractivity contribution in [2.75, 3.05) is 11.9 Å². The summed E-state index contributed by atoms with van der Waals surface area (Å²) < 4.78 is 0. The minimum absolute atomic E-state index is 0.00551. The zero-order valence-electron chi connectivity index (χ0n) is 10.3. The fraction of sp³-hybridized carbons (Fsp3) is 0.462. The number of thioether (sulfide) groups is 1. The molecule has 0 aromatic heterocycles. The highest BCUT2D eigenvalue weighted by Gasteiger charge is 2.07. The lowest BCUT2D eigenvalue weighted by Gasteiger charge is -2.08. The molecule has 1 aromatic carbocycles. The molecule has 1 unspecified atom stereocenters. The molecule has 0 aliphatic rings. The Morgan fingerprint density at radius 3 is 2.94 bits per heavy atom. The van der Waals surface area contributed by atoms with E-state index in [1.54, 1.807) is 0 Å². The maximum atomic E-state index is 11.7. The van der Waals surface area contributed by atoms with Crippen molar-refractivity contribution in [3.8, 4) is 0 Å². The third kappa shape index (κ3) is 6.25. The highest BCUT2D eigenvalue weighted by Crippen LogP contribution is 2.20. The zero-order chi connectivity index (χ0) is 13.4. The third-order valence-corrected chi connectivity index (χ3v) is 5.40. The van der Waals surface area contributed by atoms with Crippen molar-refractivity contribution in [1.82, 2.24) is 5.32 Å². The molecule has 0 saturated carbocycles. The topological polar surface area (TPSA) is 29.1 Å². The van der Waals surface area contributed by atoms with Crippen LogP contribution in [0.1, 0.15) is 18.9 Å². The summed E-state index contributed by atoms with van der Waals surface area (Å²) in [6, 6.07) is 8.17. The number of alkyl halides is 2. The molecule has 1 amide bonds. The van der Waals surface area contributed by atoms with E-state index in [2.05, 4.69) is 56.2 Å². The summed E-state index contributed by atoms with van der Waals surface area (Å²) in [4.78, 5) is 13.0. The minimum Gasteiger partial charge on any atom is -0.346 e. The van der Waals surface area contributed by atoms with Gasteiger partial charge in [0.25, 0.3) is 5.24 Å². The van der Waals surface area contributed by atoms with E-state index in [1.807, 2.05) is 12.1 Å². The molecule has 0 radical (unpaired) electrons. The number of halogens is 2. The molecule has 0 fully saturated rings. The number of carbonyl (C=O) groups is 1. The van der Waals surface area contributed by atoms with Crippen molar-refractivity contribution in [3.63, 3.8) is 0 Å². The number of benzene rings is 1. The summed E-state index contributed by atoms with van der Waals surface area (Å²) in [5.41, 5.74) is 1.29. The van der Waals surface area contributed by atoms with Crippen LogP contribution in [0.2, 0.25) is 0 Å². The van der Waals surface area contributed by atoms with Crippen LogP contribution in [0.15, 0.2) is 29.2 Å². The van der Waals surface area contributed by atoms with Gasteiger partial charge < -0.3 is 5.32 Å². The van der Waals surface area contributed by atoms with Crippen molar-refractivity contribution >= 4 is 48.9 Å². The van der Waals surface area contributed by atoms with Crippen molar-refractivity contribution in [2.24, 2.45) is 0 Å². The molecule has 0 saturated heterocycles. The lowest BCUT2D eigenvalue weighted by Crippen LogP contribution is -2.26. The first-order valence-corrected chi connectivity index (χ1v) is 8.75. The van der Waals surface area contributed by atoms with Crippen molar-refractivity contribution in [1.29, 1.82) is 0 Å². The van der Waals surface area contributed by atoms with Crippen molar-refractivity contribution in [3.05, 3.63) is 29.8 Å². The summed E-state index contributed by atoms with van der Waals surface area (Å²) in [5, 5.41) is 3.70. The second-order valence-corrected chi connectivity index (χ2v) is 6.91. The normalized spacial score (nSPS) is 12.2. The fourth-order valence-electron chi connectivity index (χ4n) is 1.44. The molecular formula is C13H17Br2NOS. The number of hydrogen-bond acceptors (Lipinski definition) is 2. The molecule has 1 N–H and O–H groups in total. The van der Waals surface area contributed by atoms with Gasteiger partial charge >= 0.3 is 0 Å². The summed E-state index contributed by atoms with van der Waals surface area (Å²) in [7, 11) is 0. The molecule has 2 nitrogen and oxygen atoms in total. The highest BCUT2D eigenvalue weighted by atomic mass is 79.9. The van der Waals surface area contributed by atoms with Gasteiger partial charge in [-0.15, -0.1) is 0 Å². The largest absolute Gasteiger partial charge is 0.346 e. The molecule has 18 heavy (non-hydrogen) atoms. The molecule has 100 valence electrons. The second-order valence-electron chi connectivity index (χ2n) is 3.92. The maximum Gasteiger partial charge on any atom is 0.283 e. The Morgan fingerprint density at radius 2 is 2.28 bits per heavy atom. The molecule has 0 heterocycles. The van der Waals surface area contributed by atoms with E-state index >= 15 is 0 Å². The first kappa shape index (κ1) is 16.1. The number of carbonyl (C=O) groups excluding carboxylic acids is 1. The molecule has 0 spiro atoms. The molecule has 5 heteroatoms. The van der Waals surface area contributed by atoms with Crippen LogP contribution in [-0.4, -0.2) is 21.9 Å². The Kier molecular flexibility index (Phi) is 8.02. The van der Waals surface area contributed by atoms with Gasteiger partial charge in [0, 0.05) is 21.6 Å². The SMILES string of the molecule is CCCc1cccc(SC(=O)NCC(Br)CBr)c1. The number of amides is 1. The monoisotopic (exact) mass is 393 g/mol. The van der Waals surface area contributed by atoms with Crippen LogP contribution >= 0.6 is 43.6 Å². The van der Waals surface area contributed by atoms with Crippen molar-refractivity contribution in [2.45, 2.75) is 29.5 Å². The first-order valence-electron chi connectivity index (χ1n) is 5.90. The van der Waals surface area contributed by atoms with Gasteiger partial charge in [-0.1, -0.05) is 57.3 Å². The standard InChI is InChI=1S/C13H17Br2NOS/c1-2-4-10-5-3-6-12(7-10)18-13(17)16-9-11(15)8-14/h3,5-7,11H,2,4,8-9H2,1H3,(H,16,17). The van der Waals surface area contributed by atoms with Gasteiger partial charge in [-0.05, 0) is 35.9 Å². The minimum atomic E-state index is -0.00551. The zero-order valence-corrected chi connectivity index (χ0v) is 14.3. The summed E-state index contributed by atoms with van der Waals surface area (Å²) >= 11 is 8.06. The van der Waals surface area contributed by atoms with Crippen LogP contribution in [0.25, 0.3) is 0 Å². The molecule has 1 aromatic rings. The molecule has 1 rings (SSSR count). The molecule has 1 atom stereocenters. The van der Waals surface area contributed by atoms with E-state index in [4.69, 9.17) is 0 Å². The summed E-state index contributed by atoms with van der Waals surface area (Å²) in [5.74, 6) is 0. The highest BCUT2D eigenvalue weighted by molar-refractivity contribution is 9.12. The van der Waals surface area contributed by atoms with Gasteiger partial charge in [0.2, 0.25) is 0 Å². The van der Waals surface area contributed by atoms with E-state index in [0.29, 0.717) is 6.54 Å². The van der Waals surface area contributed by atoms with Gasteiger partial charge in [-0.2, -0.15) is 0 Å². The molecule has 0 aliphatic heterocycles. The number of rotatable bonds is 6. The van der Waals surface area contributed by atoms with Crippen LogP contribution in [0.4, 0.5) is 4.79 Å². The van der Waals surface area contributed by atoms with Crippen LogP contribution < -0.4 is 5.32 Å². The van der Waals surface area contributed by atoms with Crippen LogP contribution in [0.5, 0.6) is 0 Å². The van der Waals surface area contributed by atoms with Gasteiger partial charge in [0.1, 0.15) is 0 Å². The average Bonchev–Trinajstić information content (AvgIpc) is 2.37. The summed E-state index contributed by atoms with van der Waals surface area (Å²) in [6.45, 7) is 2.79. The second kappa shape index (κ2) is 8.99. The lowest BCUT2D eigenvalue weighted by molar-refractivity contribution is 0.261. The fourth-order valence-corrected chi connectivity index (χ4v) is 2.56. The number of nitrogens with one attached hydrogen (secondary N) is 1. The van der Waals surface area contributed by atoms with E-state index in [0.717, 1.165) is 23.1 Å². The Balaban J connectivity index is 2.46. The molecular weight excluding hydrogens is 378 g/mol. The predicted octanol–water partition coefficient (Wildman–Crippen LogP) is 4.60. The van der Waals surface area contributed by atoms with Crippen LogP contribution in [0.3, 0.4) is 0 Å². The van der Waals surface area contributed by atoms with Gasteiger partial charge in [-0.3, -0.25) is 4.79 Å². The quantitative estimate of drug-likeness (QED) is 0.564. The Labute approximate surface area is 130 Å². The predicted molar refractivity (Wildman–Crippen MR) is 86.2 cm³/mol. The number of aryl methyl sites for hydroxylation is 1. The smallest absolute Gasteiger partial charge is 0.283 e. The van der Waals surface area contributed by atoms with Crippen LogP contribution in [-0.2, 0) is 6.42 Å². The van der Waals surface area contributed by atoms with E-state index in [1.165, 1.54) is 17.3 Å². The molecule has 0 aliphatic carbocycles. The van der Waals surface area contributed by atoms with Crippen LogP contribution in [0, 0.1) is 0 Å². The van der Waals surface area contributed by atoms with Gasteiger partial charge in [0.05, 0.1) is 0 Å². The van der Waals surface area contributed by atoms with E-state index < -0.39 is 0 Å². The average molecular weight is 395 g/mol. The van der Waals surface area contributed by atoms with Gasteiger partial charge in [0.15, 0.2) is 0 Å². The first-order chi connectivity index (χ1) is 8.65. The maximum absolute atomic E-state index is 11.7. The third-order valence-electron chi connectivity index (χ3n) is 2.28. The number of hydrogen-bond donors (Lipinski definition) is 1. The van der Waals surface area contributed by atoms with E-state index in [-0.39, 0.29) is 10.1 Å². The van der Waals surface area contributed by atoms with E-state index in [9.17, 15) is 4.79 Å². The Morgan fingerprint density at radius 1 is 1.50 bits per heavy atom. The Bertz CT molecular complexity index is 387.